The summed E-state index contributed by atoms with van der Waals surface area (Å²) in [6.07, 6.45) is 2.89. The lowest BCUT2D eigenvalue weighted by atomic mass is 10.2. The first kappa shape index (κ1) is 16.4. The molecule has 2 N–H and O–H groups in total. The number of rotatable bonds is 5. The van der Waals surface area contributed by atoms with Gasteiger partial charge in [0.1, 0.15) is 12.0 Å². The van der Waals surface area contributed by atoms with Crippen LogP contribution in [0.3, 0.4) is 0 Å². The third-order valence-corrected chi connectivity index (χ3v) is 4.33. The van der Waals surface area contributed by atoms with Crippen LogP contribution in [0.25, 0.3) is 0 Å². The molecule has 130 valence electrons. The van der Waals surface area contributed by atoms with E-state index < -0.39 is 6.17 Å². The fraction of sp³-hybridized carbons (Fsp3) is 0.533. The van der Waals surface area contributed by atoms with E-state index in [1.807, 2.05) is 18.0 Å². The zero-order chi connectivity index (χ0) is 17.1. The van der Waals surface area contributed by atoms with Gasteiger partial charge in [-0.15, -0.1) is 0 Å². The molecule has 2 atom stereocenters. The smallest absolute Gasteiger partial charge is 0.320 e. The molecule has 3 rings (SSSR count). The quantitative estimate of drug-likeness (QED) is 0.850. The standard InChI is InChI=1S/C15H22FN7O/c1-21-12(3-5-18-21)10-23-9-11(16)7-13(23)8-17-15(24)20-14-4-6-19-22(14)2/h3-6,11,13H,7-10H2,1-2H3,(H2,17,20,24)/t11-,13-/m0/s1. The van der Waals surface area contributed by atoms with Crippen LogP contribution in [0.1, 0.15) is 12.1 Å². The van der Waals surface area contributed by atoms with E-state index in [1.165, 1.54) is 0 Å². The van der Waals surface area contributed by atoms with E-state index in [-0.39, 0.29) is 12.1 Å². The summed E-state index contributed by atoms with van der Waals surface area (Å²) in [5, 5.41) is 13.7. The second-order valence-corrected chi connectivity index (χ2v) is 6.04. The minimum atomic E-state index is -0.870. The second kappa shape index (κ2) is 7.00. The molecule has 8 nitrogen and oxygen atoms in total. The molecule has 0 bridgehead atoms. The summed E-state index contributed by atoms with van der Waals surface area (Å²) < 4.78 is 17.2. The van der Waals surface area contributed by atoms with Gasteiger partial charge in [0.25, 0.3) is 0 Å². The van der Waals surface area contributed by atoms with Gasteiger partial charge in [0, 0.05) is 52.0 Å². The van der Waals surface area contributed by atoms with Gasteiger partial charge in [-0.05, 0) is 12.5 Å². The molecule has 3 heterocycles. The summed E-state index contributed by atoms with van der Waals surface area (Å²) in [5.74, 6) is 0.606. The molecule has 0 aliphatic carbocycles. The number of urea groups is 1. The molecule has 2 aromatic heterocycles. The fourth-order valence-electron chi connectivity index (χ4n) is 2.96. The highest BCUT2D eigenvalue weighted by atomic mass is 19.1. The number of hydrogen-bond donors (Lipinski definition) is 2. The molecule has 9 heteroatoms. The Morgan fingerprint density at radius 1 is 1.29 bits per heavy atom. The van der Waals surface area contributed by atoms with Crippen molar-refractivity contribution in [2.24, 2.45) is 14.1 Å². The minimum Gasteiger partial charge on any atom is -0.336 e. The van der Waals surface area contributed by atoms with Crippen LogP contribution < -0.4 is 10.6 Å². The number of carbonyl (C=O) groups excluding carboxylic acids is 1. The average molecular weight is 335 g/mol. The van der Waals surface area contributed by atoms with E-state index in [4.69, 9.17) is 0 Å². The number of aromatic nitrogens is 4. The maximum absolute atomic E-state index is 13.8. The lowest BCUT2D eigenvalue weighted by Crippen LogP contribution is -2.41. The number of anilines is 1. The van der Waals surface area contributed by atoms with Gasteiger partial charge in [0.2, 0.25) is 0 Å². The van der Waals surface area contributed by atoms with Crippen LogP contribution in [-0.2, 0) is 20.6 Å². The topological polar surface area (TPSA) is 80.0 Å². The number of alkyl halides is 1. The first-order valence-electron chi connectivity index (χ1n) is 7.91. The van der Waals surface area contributed by atoms with Crippen LogP contribution in [0, 0.1) is 0 Å². The van der Waals surface area contributed by atoms with Crippen molar-refractivity contribution in [1.29, 1.82) is 0 Å². The van der Waals surface area contributed by atoms with E-state index in [2.05, 4.69) is 20.8 Å². The highest BCUT2D eigenvalue weighted by Crippen LogP contribution is 2.22. The van der Waals surface area contributed by atoms with Crippen molar-refractivity contribution in [3.05, 3.63) is 30.2 Å². The molecule has 0 spiro atoms. The largest absolute Gasteiger partial charge is 0.336 e. The van der Waals surface area contributed by atoms with Gasteiger partial charge in [-0.3, -0.25) is 19.6 Å². The molecule has 0 unspecified atom stereocenters. The Bertz CT molecular complexity index is 698. The number of carbonyl (C=O) groups is 1. The number of likely N-dealkylation sites (tertiary alicyclic amines) is 1. The Labute approximate surface area is 139 Å². The summed E-state index contributed by atoms with van der Waals surface area (Å²) in [6.45, 7) is 1.38. The molecule has 1 saturated heterocycles. The van der Waals surface area contributed by atoms with Gasteiger partial charge in [-0.2, -0.15) is 10.2 Å². The first-order valence-corrected chi connectivity index (χ1v) is 7.91. The van der Waals surface area contributed by atoms with Crippen molar-refractivity contribution in [1.82, 2.24) is 29.8 Å². The molecular weight excluding hydrogens is 313 g/mol. The SMILES string of the molecule is Cn1nccc1CN1C[C@@H](F)C[C@H]1CNC(=O)Nc1ccnn1C. The van der Waals surface area contributed by atoms with Crippen LogP contribution in [0.5, 0.6) is 0 Å². The number of nitrogens with zero attached hydrogens (tertiary/aromatic N) is 5. The summed E-state index contributed by atoms with van der Waals surface area (Å²) in [4.78, 5) is 14.0. The normalized spacial score (nSPS) is 21.1. The predicted octanol–water partition coefficient (Wildman–Crippen LogP) is 0.888. The molecule has 1 aliphatic heterocycles. The number of nitrogens with one attached hydrogen (secondary N) is 2. The predicted molar refractivity (Wildman–Crippen MR) is 87.1 cm³/mol. The fourth-order valence-corrected chi connectivity index (χ4v) is 2.96. The van der Waals surface area contributed by atoms with E-state index in [1.54, 1.807) is 34.9 Å². The third kappa shape index (κ3) is 3.73. The van der Waals surface area contributed by atoms with Gasteiger partial charge in [0.05, 0.1) is 11.9 Å². The zero-order valence-electron chi connectivity index (χ0n) is 13.8. The van der Waals surface area contributed by atoms with E-state index in [9.17, 15) is 9.18 Å². The van der Waals surface area contributed by atoms with Gasteiger partial charge >= 0.3 is 6.03 Å². The summed E-state index contributed by atoms with van der Waals surface area (Å²) in [5.41, 5.74) is 1.02. The molecule has 1 fully saturated rings. The highest BCUT2D eigenvalue weighted by molar-refractivity contribution is 5.88. The van der Waals surface area contributed by atoms with Gasteiger partial charge in [-0.25, -0.2) is 9.18 Å². The van der Waals surface area contributed by atoms with Crippen LogP contribution in [-0.4, -0.2) is 55.8 Å². The van der Waals surface area contributed by atoms with E-state index in [0.717, 1.165) is 5.69 Å². The molecule has 24 heavy (non-hydrogen) atoms. The lowest BCUT2D eigenvalue weighted by Gasteiger charge is -2.24. The van der Waals surface area contributed by atoms with Crippen LogP contribution >= 0.6 is 0 Å². The molecule has 0 saturated carbocycles. The maximum Gasteiger partial charge on any atom is 0.320 e. The first-order chi connectivity index (χ1) is 11.5. The van der Waals surface area contributed by atoms with E-state index in [0.29, 0.717) is 31.9 Å². The van der Waals surface area contributed by atoms with Crippen LogP contribution in [0.4, 0.5) is 15.0 Å². The minimum absolute atomic E-state index is 0.0350. The Balaban J connectivity index is 1.53. The van der Waals surface area contributed by atoms with Gasteiger partial charge in [0.15, 0.2) is 0 Å². The van der Waals surface area contributed by atoms with Crippen LogP contribution in [0.2, 0.25) is 0 Å². The molecule has 0 radical (unpaired) electrons. The van der Waals surface area contributed by atoms with Crippen molar-refractivity contribution in [3.8, 4) is 0 Å². The number of aryl methyl sites for hydroxylation is 2. The van der Waals surface area contributed by atoms with Crippen molar-refractivity contribution in [3.63, 3.8) is 0 Å². The Kier molecular flexibility index (Phi) is 4.79. The zero-order valence-corrected chi connectivity index (χ0v) is 13.8. The molecule has 2 aromatic rings. The van der Waals surface area contributed by atoms with E-state index >= 15 is 0 Å². The Morgan fingerprint density at radius 2 is 2.04 bits per heavy atom. The molecule has 0 aromatic carbocycles. The molecule has 1 aliphatic rings. The average Bonchev–Trinajstić information content (AvgIpc) is 3.21. The number of halogens is 1. The monoisotopic (exact) mass is 335 g/mol. The summed E-state index contributed by atoms with van der Waals surface area (Å²) >= 11 is 0. The van der Waals surface area contributed by atoms with Gasteiger partial charge < -0.3 is 5.32 Å². The molecular formula is C15H22FN7O. The molecule has 2 amide bonds. The number of amides is 2. The Morgan fingerprint density at radius 3 is 2.71 bits per heavy atom. The lowest BCUT2D eigenvalue weighted by molar-refractivity contribution is 0.220. The van der Waals surface area contributed by atoms with Crippen molar-refractivity contribution in [2.45, 2.75) is 25.2 Å². The third-order valence-electron chi connectivity index (χ3n) is 4.33. The summed E-state index contributed by atoms with van der Waals surface area (Å²) in [7, 11) is 3.61. The van der Waals surface area contributed by atoms with Crippen molar-refractivity contribution >= 4 is 11.8 Å². The van der Waals surface area contributed by atoms with Crippen molar-refractivity contribution in [2.75, 3.05) is 18.4 Å². The maximum atomic E-state index is 13.8. The van der Waals surface area contributed by atoms with Crippen LogP contribution in [0.15, 0.2) is 24.5 Å². The highest BCUT2D eigenvalue weighted by Gasteiger charge is 2.32. The summed E-state index contributed by atoms with van der Waals surface area (Å²) in [6, 6.07) is 3.28. The second-order valence-electron chi connectivity index (χ2n) is 6.04. The Hall–Kier alpha value is -2.42. The van der Waals surface area contributed by atoms with Crippen molar-refractivity contribution < 1.29 is 9.18 Å². The van der Waals surface area contributed by atoms with Gasteiger partial charge in [-0.1, -0.05) is 0 Å². The number of hydrogen-bond acceptors (Lipinski definition) is 4.